The third-order valence-corrected chi connectivity index (χ3v) is 6.85. The van der Waals surface area contributed by atoms with Crippen LogP contribution in [0.3, 0.4) is 0 Å². The lowest BCUT2D eigenvalue weighted by Crippen LogP contribution is -2.32. The van der Waals surface area contributed by atoms with E-state index in [1.54, 1.807) is 24.0 Å². The van der Waals surface area contributed by atoms with E-state index < -0.39 is 15.9 Å². The molecular formula is C22H27N3O4S. The fraction of sp³-hybridized carbons (Fsp3) is 0.364. The maximum Gasteiger partial charge on any atom is 0.240 e. The van der Waals surface area contributed by atoms with Gasteiger partial charge in [0.1, 0.15) is 0 Å². The van der Waals surface area contributed by atoms with Crippen LogP contribution in [0, 0.1) is 12.8 Å². The Morgan fingerprint density at radius 2 is 1.77 bits per heavy atom. The predicted molar refractivity (Wildman–Crippen MR) is 117 cm³/mol. The van der Waals surface area contributed by atoms with Crippen molar-refractivity contribution < 1.29 is 18.0 Å². The maximum absolute atomic E-state index is 12.6. The van der Waals surface area contributed by atoms with Gasteiger partial charge in [-0.1, -0.05) is 24.6 Å². The molecular weight excluding hydrogens is 402 g/mol. The summed E-state index contributed by atoms with van der Waals surface area (Å²) in [6, 6.07) is 13.5. The Hall–Kier alpha value is -2.71. The van der Waals surface area contributed by atoms with Gasteiger partial charge in [-0.2, -0.15) is 0 Å². The average Bonchev–Trinajstić information content (AvgIpc) is 3.10. The summed E-state index contributed by atoms with van der Waals surface area (Å²) in [7, 11) is -3.59. The number of sulfonamides is 1. The third kappa shape index (κ3) is 5.06. The van der Waals surface area contributed by atoms with Crippen LogP contribution in [0.5, 0.6) is 0 Å². The molecule has 2 atom stereocenters. The summed E-state index contributed by atoms with van der Waals surface area (Å²) in [6.45, 7) is 6.00. The van der Waals surface area contributed by atoms with Crippen LogP contribution in [0.15, 0.2) is 53.4 Å². The Morgan fingerprint density at radius 1 is 1.13 bits per heavy atom. The van der Waals surface area contributed by atoms with Gasteiger partial charge in [0.05, 0.1) is 10.8 Å². The number of nitrogens with zero attached hydrogens (tertiary/aromatic N) is 1. The average molecular weight is 430 g/mol. The monoisotopic (exact) mass is 429 g/mol. The van der Waals surface area contributed by atoms with E-state index in [0.717, 1.165) is 11.3 Å². The lowest BCUT2D eigenvalue weighted by atomic mass is 10.1. The van der Waals surface area contributed by atoms with Gasteiger partial charge in [-0.3, -0.25) is 9.59 Å². The molecule has 1 aliphatic rings. The highest BCUT2D eigenvalue weighted by molar-refractivity contribution is 7.89. The molecule has 3 rings (SSSR count). The number of rotatable bonds is 7. The van der Waals surface area contributed by atoms with Gasteiger partial charge in [0.15, 0.2) is 0 Å². The van der Waals surface area contributed by atoms with Crippen LogP contribution in [0.1, 0.15) is 32.3 Å². The van der Waals surface area contributed by atoms with Crippen molar-refractivity contribution in [2.24, 2.45) is 5.92 Å². The summed E-state index contributed by atoms with van der Waals surface area (Å²) in [5.41, 5.74) is 2.37. The number of hydrogen-bond donors (Lipinski definition) is 2. The molecule has 2 N–H and O–H groups in total. The quantitative estimate of drug-likeness (QED) is 0.707. The largest absolute Gasteiger partial charge is 0.326 e. The minimum Gasteiger partial charge on any atom is -0.326 e. The second-order valence-corrected chi connectivity index (χ2v) is 9.40. The highest BCUT2D eigenvalue weighted by Crippen LogP contribution is 2.26. The first-order valence-corrected chi connectivity index (χ1v) is 11.5. The molecule has 0 saturated carbocycles. The molecule has 0 spiro atoms. The van der Waals surface area contributed by atoms with Crippen molar-refractivity contribution in [3.63, 3.8) is 0 Å². The summed E-state index contributed by atoms with van der Waals surface area (Å²) < 4.78 is 27.3. The lowest BCUT2D eigenvalue weighted by Gasteiger charge is -2.17. The normalized spacial score (nSPS) is 17.8. The second kappa shape index (κ2) is 8.97. The molecule has 160 valence electrons. The van der Waals surface area contributed by atoms with Gasteiger partial charge in [-0.15, -0.1) is 0 Å². The number of carbonyl (C=O) groups excluding carboxylic acids is 2. The van der Waals surface area contributed by atoms with Crippen molar-refractivity contribution in [3.05, 3.63) is 54.1 Å². The van der Waals surface area contributed by atoms with Crippen LogP contribution < -0.4 is 14.9 Å². The van der Waals surface area contributed by atoms with E-state index in [-0.39, 0.29) is 29.2 Å². The summed E-state index contributed by atoms with van der Waals surface area (Å²) >= 11 is 0. The Kier molecular flexibility index (Phi) is 6.58. The van der Waals surface area contributed by atoms with Crippen molar-refractivity contribution >= 4 is 33.2 Å². The van der Waals surface area contributed by atoms with Crippen molar-refractivity contribution in [3.8, 4) is 0 Å². The summed E-state index contributed by atoms with van der Waals surface area (Å²) in [4.78, 5) is 26.8. The molecule has 1 saturated heterocycles. The zero-order chi connectivity index (χ0) is 21.9. The first kappa shape index (κ1) is 22.0. The minimum absolute atomic E-state index is 0.0865. The number of aryl methyl sites for hydroxylation is 1. The number of nitrogens with one attached hydrogen (secondary N) is 2. The molecule has 1 fully saturated rings. The maximum atomic E-state index is 12.6. The van der Waals surface area contributed by atoms with E-state index in [4.69, 9.17) is 0 Å². The molecule has 1 heterocycles. The smallest absolute Gasteiger partial charge is 0.240 e. The molecule has 7 nitrogen and oxygen atoms in total. The number of benzene rings is 2. The van der Waals surface area contributed by atoms with Crippen molar-refractivity contribution in [1.82, 2.24) is 4.72 Å². The van der Waals surface area contributed by atoms with Crippen LogP contribution in [0.2, 0.25) is 0 Å². The summed E-state index contributed by atoms with van der Waals surface area (Å²) in [5, 5.41) is 2.78. The third-order valence-electron chi connectivity index (χ3n) is 5.24. The highest BCUT2D eigenvalue weighted by Gasteiger charge is 2.35. The van der Waals surface area contributed by atoms with Crippen molar-refractivity contribution in [2.75, 3.05) is 16.8 Å². The first-order valence-electron chi connectivity index (χ1n) is 10.00. The second-order valence-electron chi connectivity index (χ2n) is 7.69. The Bertz CT molecular complexity index is 1020. The Morgan fingerprint density at radius 3 is 2.37 bits per heavy atom. The van der Waals surface area contributed by atoms with E-state index in [1.165, 1.54) is 12.1 Å². The highest BCUT2D eigenvalue weighted by atomic mass is 32.2. The van der Waals surface area contributed by atoms with E-state index in [0.29, 0.717) is 18.7 Å². The van der Waals surface area contributed by atoms with Gasteiger partial charge in [0.2, 0.25) is 21.8 Å². The molecule has 8 heteroatoms. The number of hydrogen-bond acceptors (Lipinski definition) is 4. The Labute approximate surface area is 177 Å². The van der Waals surface area contributed by atoms with Crippen LogP contribution in [0.25, 0.3) is 0 Å². The van der Waals surface area contributed by atoms with Gasteiger partial charge in [-0.25, -0.2) is 13.1 Å². The first-order chi connectivity index (χ1) is 14.2. The standard InChI is InChI=1S/C22H27N3O4S/c1-4-16(3)24-30(28,29)20-11-7-18(8-12-20)23-22(27)17-13-21(26)25(14-17)19-9-5-15(2)6-10-19/h5-12,16-17,24H,4,13-14H2,1-3H3,(H,23,27)/t16-,17-/m0/s1. The molecule has 1 aliphatic heterocycles. The predicted octanol–water partition coefficient (Wildman–Crippen LogP) is 3.06. The van der Waals surface area contributed by atoms with Gasteiger partial charge in [-0.05, 0) is 56.7 Å². The van der Waals surface area contributed by atoms with E-state index in [1.807, 2.05) is 38.1 Å². The number of anilines is 2. The van der Waals surface area contributed by atoms with Crippen molar-refractivity contribution in [1.29, 1.82) is 0 Å². The van der Waals surface area contributed by atoms with Crippen molar-refractivity contribution in [2.45, 2.75) is 44.6 Å². The van der Waals surface area contributed by atoms with Gasteiger partial charge in [0.25, 0.3) is 0 Å². The molecule has 0 radical (unpaired) electrons. The molecule has 0 aromatic heterocycles. The SMILES string of the molecule is CC[C@H](C)NS(=O)(=O)c1ccc(NC(=O)[C@H]2CC(=O)N(c3ccc(C)cc3)C2)cc1. The van der Waals surface area contributed by atoms with Gasteiger partial charge < -0.3 is 10.2 Å². The zero-order valence-corrected chi connectivity index (χ0v) is 18.2. The fourth-order valence-corrected chi connectivity index (χ4v) is 4.56. The molecule has 2 amide bonds. The summed E-state index contributed by atoms with van der Waals surface area (Å²) in [5.74, 6) is -0.808. The van der Waals surface area contributed by atoms with Gasteiger partial charge in [0, 0.05) is 30.4 Å². The number of carbonyl (C=O) groups is 2. The van der Waals surface area contributed by atoms with Crippen LogP contribution in [-0.2, 0) is 19.6 Å². The van der Waals surface area contributed by atoms with Crippen LogP contribution >= 0.6 is 0 Å². The fourth-order valence-electron chi connectivity index (χ4n) is 3.24. The van der Waals surface area contributed by atoms with Gasteiger partial charge >= 0.3 is 0 Å². The van der Waals surface area contributed by atoms with E-state index in [9.17, 15) is 18.0 Å². The zero-order valence-electron chi connectivity index (χ0n) is 17.4. The van der Waals surface area contributed by atoms with E-state index in [2.05, 4.69) is 10.0 Å². The minimum atomic E-state index is -3.59. The molecule has 2 aromatic rings. The van der Waals surface area contributed by atoms with E-state index >= 15 is 0 Å². The molecule has 0 aliphatic carbocycles. The Balaban J connectivity index is 1.63. The number of amides is 2. The molecule has 0 unspecified atom stereocenters. The van der Waals surface area contributed by atoms with Crippen LogP contribution in [-0.4, -0.2) is 32.8 Å². The topological polar surface area (TPSA) is 95.6 Å². The molecule has 30 heavy (non-hydrogen) atoms. The molecule has 2 aromatic carbocycles. The molecule has 0 bridgehead atoms. The van der Waals surface area contributed by atoms with Crippen LogP contribution in [0.4, 0.5) is 11.4 Å². The lowest BCUT2D eigenvalue weighted by molar-refractivity contribution is -0.122. The summed E-state index contributed by atoms with van der Waals surface area (Å²) in [6.07, 6.45) is 0.831.